The molecule has 3 nitrogen and oxygen atoms in total. The van der Waals surface area contributed by atoms with Gasteiger partial charge in [-0.2, -0.15) is 0 Å². The van der Waals surface area contributed by atoms with Crippen LogP contribution in [-0.2, 0) is 0 Å². The highest BCUT2D eigenvalue weighted by molar-refractivity contribution is 5.11. The summed E-state index contributed by atoms with van der Waals surface area (Å²) in [7, 11) is 4.49. The summed E-state index contributed by atoms with van der Waals surface area (Å²) in [6.45, 7) is 7.50. The number of aliphatic hydroxyl groups is 2. The molecule has 0 aliphatic heterocycles. The molecule has 0 aromatic rings. The lowest BCUT2D eigenvalue weighted by Crippen LogP contribution is -2.58. The van der Waals surface area contributed by atoms with Crippen LogP contribution in [0.15, 0.2) is 0 Å². The Morgan fingerprint density at radius 3 is 2.12 bits per heavy atom. The minimum absolute atomic E-state index is 0.244. The topological polar surface area (TPSA) is 43.7 Å². The summed E-state index contributed by atoms with van der Waals surface area (Å²) in [4.78, 5) is 2.43. The lowest BCUT2D eigenvalue weighted by Gasteiger charge is -2.62. The first kappa shape index (κ1) is 19.2. The second-order valence-electron chi connectivity index (χ2n) is 11.1. The van der Waals surface area contributed by atoms with Crippen LogP contribution in [0, 0.1) is 40.4 Å². The molecule has 0 heterocycles. The largest absolute Gasteiger partial charge is 0.390 e. The van der Waals surface area contributed by atoms with Crippen molar-refractivity contribution in [2.24, 2.45) is 40.4 Å². The quantitative estimate of drug-likeness (QED) is 0.781. The molecule has 4 saturated carbocycles. The molecule has 4 aliphatic carbocycles. The Hall–Kier alpha value is -0.120. The van der Waals surface area contributed by atoms with E-state index >= 15 is 0 Å². The van der Waals surface area contributed by atoms with Crippen LogP contribution in [0.1, 0.15) is 72.1 Å². The third-order valence-corrected chi connectivity index (χ3v) is 10.2. The van der Waals surface area contributed by atoms with Crippen LogP contribution >= 0.6 is 0 Å². The molecule has 0 radical (unpaired) electrons. The minimum Gasteiger partial charge on any atom is -0.390 e. The summed E-state index contributed by atoms with van der Waals surface area (Å²) >= 11 is 0. The second kappa shape index (κ2) is 6.46. The third-order valence-electron chi connectivity index (χ3n) is 10.2. The van der Waals surface area contributed by atoms with E-state index in [2.05, 4.69) is 39.8 Å². The van der Waals surface area contributed by atoms with Crippen molar-refractivity contribution in [3.63, 3.8) is 0 Å². The van der Waals surface area contributed by atoms with Gasteiger partial charge in [-0.15, -0.1) is 0 Å². The Bertz CT molecular complexity index is 536. The Balaban J connectivity index is 1.59. The molecule has 10 unspecified atom stereocenters. The van der Waals surface area contributed by atoms with Gasteiger partial charge in [0.15, 0.2) is 0 Å². The average Bonchev–Trinajstić information content (AvgIpc) is 2.95. The predicted octanol–water partition coefficient (Wildman–Crippen LogP) is 3.93. The number of nitrogens with zero attached hydrogens (tertiary/aromatic N) is 1. The molecule has 0 saturated heterocycles. The van der Waals surface area contributed by atoms with Crippen LogP contribution in [-0.4, -0.2) is 47.5 Å². The van der Waals surface area contributed by atoms with Crippen molar-refractivity contribution >= 4 is 0 Å². The first-order valence-electron chi connectivity index (χ1n) is 11.2. The van der Waals surface area contributed by atoms with Crippen LogP contribution in [0.25, 0.3) is 0 Å². The number of fused-ring (bicyclic) bond motifs is 5. The van der Waals surface area contributed by atoms with E-state index in [1.54, 1.807) is 0 Å². The lowest BCUT2D eigenvalue weighted by molar-refractivity contribution is -0.174. The first-order valence-corrected chi connectivity index (χ1v) is 11.2. The van der Waals surface area contributed by atoms with E-state index in [4.69, 9.17) is 0 Å². The van der Waals surface area contributed by atoms with Gasteiger partial charge in [-0.3, -0.25) is 0 Å². The van der Waals surface area contributed by atoms with Crippen LogP contribution in [0.4, 0.5) is 0 Å². The Morgan fingerprint density at radius 2 is 1.42 bits per heavy atom. The van der Waals surface area contributed by atoms with Gasteiger partial charge in [0.1, 0.15) is 0 Å². The van der Waals surface area contributed by atoms with Gasteiger partial charge in [-0.1, -0.05) is 13.8 Å². The fourth-order valence-electron chi connectivity index (χ4n) is 8.51. The van der Waals surface area contributed by atoms with E-state index < -0.39 is 12.2 Å². The van der Waals surface area contributed by atoms with Crippen LogP contribution in [0.5, 0.6) is 0 Å². The maximum absolute atomic E-state index is 10.7. The van der Waals surface area contributed by atoms with Crippen molar-refractivity contribution in [1.29, 1.82) is 0 Å². The Labute approximate surface area is 160 Å². The fraction of sp³-hybridized carbons (Fsp3) is 1.00. The highest BCUT2D eigenvalue weighted by atomic mass is 16.3. The molecular weight excluding hydrogens is 322 g/mol. The lowest BCUT2D eigenvalue weighted by atomic mass is 9.44. The molecule has 26 heavy (non-hydrogen) atoms. The molecule has 0 bridgehead atoms. The van der Waals surface area contributed by atoms with Crippen LogP contribution < -0.4 is 0 Å². The zero-order chi connectivity index (χ0) is 18.9. The smallest absolute Gasteiger partial charge is 0.0832 e. The van der Waals surface area contributed by atoms with Crippen molar-refractivity contribution in [3.8, 4) is 0 Å². The van der Waals surface area contributed by atoms with Gasteiger partial charge in [0, 0.05) is 6.04 Å². The molecular formula is C23H41NO2. The highest BCUT2D eigenvalue weighted by Crippen LogP contribution is 2.67. The zero-order valence-corrected chi connectivity index (χ0v) is 17.6. The number of hydrogen-bond acceptors (Lipinski definition) is 3. The predicted molar refractivity (Wildman–Crippen MR) is 106 cm³/mol. The van der Waals surface area contributed by atoms with Crippen LogP contribution in [0.2, 0.25) is 0 Å². The first-order chi connectivity index (χ1) is 12.2. The number of rotatable bonds is 2. The van der Waals surface area contributed by atoms with Crippen LogP contribution in [0.3, 0.4) is 0 Å². The van der Waals surface area contributed by atoms with E-state index in [0.717, 1.165) is 42.9 Å². The monoisotopic (exact) mass is 363 g/mol. The molecule has 0 aromatic carbocycles. The summed E-state index contributed by atoms with van der Waals surface area (Å²) < 4.78 is 0. The summed E-state index contributed by atoms with van der Waals surface area (Å²) in [5.41, 5.74) is 0.745. The number of aliphatic hydroxyl groups excluding tert-OH is 2. The van der Waals surface area contributed by atoms with Gasteiger partial charge in [0.05, 0.1) is 12.2 Å². The SMILES string of the molecule is CC(C1CCC2C3CCC4C(O)C(O)CCC4(C)C3CCC21C)N(C)C. The Kier molecular flexibility index (Phi) is 4.77. The summed E-state index contributed by atoms with van der Waals surface area (Å²) in [6.07, 6.45) is 8.82. The van der Waals surface area contributed by atoms with E-state index in [1.807, 2.05) is 0 Å². The second-order valence-corrected chi connectivity index (χ2v) is 11.1. The van der Waals surface area contributed by atoms with E-state index in [1.165, 1.54) is 32.1 Å². The molecule has 2 N–H and O–H groups in total. The van der Waals surface area contributed by atoms with Crippen molar-refractivity contribution in [2.75, 3.05) is 14.1 Å². The molecule has 4 aliphatic rings. The number of hydrogen-bond donors (Lipinski definition) is 2. The van der Waals surface area contributed by atoms with Crippen molar-refractivity contribution in [3.05, 3.63) is 0 Å². The molecule has 10 atom stereocenters. The summed E-state index contributed by atoms with van der Waals surface area (Å²) in [5.74, 6) is 3.62. The van der Waals surface area contributed by atoms with Crippen molar-refractivity contribution < 1.29 is 10.2 Å². The average molecular weight is 364 g/mol. The Morgan fingerprint density at radius 1 is 0.808 bits per heavy atom. The van der Waals surface area contributed by atoms with E-state index in [9.17, 15) is 10.2 Å². The minimum atomic E-state index is -0.493. The van der Waals surface area contributed by atoms with Crippen molar-refractivity contribution in [1.82, 2.24) is 4.90 Å². The van der Waals surface area contributed by atoms with Gasteiger partial charge in [0.25, 0.3) is 0 Å². The van der Waals surface area contributed by atoms with Gasteiger partial charge in [-0.05, 0) is 113 Å². The van der Waals surface area contributed by atoms with E-state index in [-0.39, 0.29) is 5.41 Å². The normalized spacial score (nSPS) is 55.2. The molecule has 150 valence electrons. The molecule has 0 spiro atoms. The standard InChI is InChI=1S/C23H41NO2/c1-14(24(4)5)16-8-9-17-15-6-7-19-21(26)20(25)11-13-23(19,3)18(15)10-12-22(16,17)2/h14-21,25-26H,6-13H2,1-5H3. The third kappa shape index (κ3) is 2.56. The summed E-state index contributed by atoms with van der Waals surface area (Å²) in [6, 6.07) is 0.667. The zero-order valence-electron chi connectivity index (χ0n) is 17.6. The van der Waals surface area contributed by atoms with Gasteiger partial charge in [0.2, 0.25) is 0 Å². The van der Waals surface area contributed by atoms with Gasteiger partial charge in [-0.25, -0.2) is 0 Å². The molecule has 3 heteroatoms. The highest BCUT2D eigenvalue weighted by Gasteiger charge is 2.62. The summed E-state index contributed by atoms with van der Waals surface area (Å²) in [5, 5.41) is 20.9. The molecule has 4 fully saturated rings. The molecule has 0 amide bonds. The van der Waals surface area contributed by atoms with Gasteiger partial charge >= 0.3 is 0 Å². The molecule has 4 rings (SSSR count). The van der Waals surface area contributed by atoms with Crippen molar-refractivity contribution in [2.45, 2.75) is 90.4 Å². The van der Waals surface area contributed by atoms with E-state index in [0.29, 0.717) is 17.4 Å². The fourth-order valence-corrected chi connectivity index (χ4v) is 8.51. The molecule has 0 aromatic heterocycles. The maximum Gasteiger partial charge on any atom is 0.0832 e. The maximum atomic E-state index is 10.7. The van der Waals surface area contributed by atoms with Gasteiger partial charge < -0.3 is 15.1 Å².